The van der Waals surface area contributed by atoms with Crippen LogP contribution in [0.4, 0.5) is 0 Å². The molecule has 7 aromatic carbocycles. The highest BCUT2D eigenvalue weighted by Crippen LogP contribution is 2.61. The van der Waals surface area contributed by atoms with E-state index in [0.29, 0.717) is 23.4 Å². The summed E-state index contributed by atoms with van der Waals surface area (Å²) >= 11 is 0. The summed E-state index contributed by atoms with van der Waals surface area (Å²) in [5.41, 5.74) is 18.5. The molecule has 8 aromatic rings. The predicted octanol–water partition coefficient (Wildman–Crippen LogP) is 14.2. The SMILES string of the molecule is Cc1cccc(-c2cc(-c3ccc4c(c3)C3(CCC5CC3=CC(C)C5)c3ccc(-c5ccccc5)cc3-4)cc(-c3nc(-c4ccccc4)nc(-c4ccccc4)n3)c2)c1. The summed E-state index contributed by atoms with van der Waals surface area (Å²) < 4.78 is 0. The minimum Gasteiger partial charge on any atom is -0.208 e. The van der Waals surface area contributed by atoms with E-state index in [2.05, 4.69) is 153 Å². The first-order valence-corrected chi connectivity index (χ1v) is 21.1. The average Bonchev–Trinajstić information content (AvgIpc) is 3.57. The van der Waals surface area contributed by atoms with E-state index in [4.69, 9.17) is 15.0 Å². The summed E-state index contributed by atoms with van der Waals surface area (Å²) in [7, 11) is 0. The fraction of sp³-hybridized carbons (Fsp3) is 0.161. The van der Waals surface area contributed by atoms with Crippen molar-refractivity contribution in [3.05, 3.63) is 198 Å². The van der Waals surface area contributed by atoms with Gasteiger partial charge in [0.05, 0.1) is 0 Å². The Morgan fingerprint density at radius 2 is 1.02 bits per heavy atom. The molecule has 59 heavy (non-hydrogen) atoms. The van der Waals surface area contributed by atoms with Crippen molar-refractivity contribution in [2.75, 3.05) is 0 Å². The first-order valence-electron chi connectivity index (χ1n) is 21.1. The number of hydrogen-bond donors (Lipinski definition) is 0. The zero-order chi connectivity index (χ0) is 39.5. The zero-order valence-electron chi connectivity index (χ0n) is 33.6. The summed E-state index contributed by atoms with van der Waals surface area (Å²) in [6.45, 7) is 4.58. The standard InChI is InChI=1S/C56H45N3/c1-36-13-12-20-42(28-36)45-31-46(33-47(32-45)55-58-53(40-16-8-4-9-17-40)57-54(59-55)41-18-10-5-11-19-41)44-21-23-49-50-34-43(39-14-6-3-7-15-39)22-24-51(50)56(52(49)35-44)26-25-38-27-37(2)29-48(56)30-38/h3-24,28-29,31-35,37-38H,25-27,30H2,1-2H3. The summed E-state index contributed by atoms with van der Waals surface area (Å²) in [6.07, 6.45) is 7.53. The largest absolute Gasteiger partial charge is 0.208 e. The number of nitrogens with zero attached hydrogens (tertiary/aromatic N) is 3. The van der Waals surface area contributed by atoms with Gasteiger partial charge in [0.15, 0.2) is 17.5 Å². The van der Waals surface area contributed by atoms with E-state index in [1.54, 1.807) is 5.57 Å². The van der Waals surface area contributed by atoms with Crippen LogP contribution in [0.25, 0.3) is 78.7 Å². The van der Waals surface area contributed by atoms with Crippen LogP contribution in [0.15, 0.2) is 182 Å². The third kappa shape index (κ3) is 6.24. The Kier molecular flexibility index (Phi) is 8.58. The number of hydrogen-bond acceptors (Lipinski definition) is 3. The normalized spacial score (nSPS) is 18.9. The van der Waals surface area contributed by atoms with Crippen molar-refractivity contribution in [1.29, 1.82) is 0 Å². The Morgan fingerprint density at radius 1 is 0.458 bits per heavy atom. The Hall–Kier alpha value is -6.71. The zero-order valence-corrected chi connectivity index (χ0v) is 33.6. The van der Waals surface area contributed by atoms with Crippen LogP contribution in [-0.2, 0) is 5.41 Å². The van der Waals surface area contributed by atoms with Crippen molar-refractivity contribution in [2.24, 2.45) is 11.8 Å². The summed E-state index contributed by atoms with van der Waals surface area (Å²) in [4.78, 5) is 15.4. The monoisotopic (exact) mass is 759 g/mol. The van der Waals surface area contributed by atoms with Crippen molar-refractivity contribution in [3.63, 3.8) is 0 Å². The molecule has 1 spiro atoms. The average molecular weight is 760 g/mol. The van der Waals surface area contributed by atoms with Gasteiger partial charge in [-0.05, 0) is 130 Å². The molecule has 1 saturated carbocycles. The van der Waals surface area contributed by atoms with E-state index in [-0.39, 0.29) is 5.41 Å². The molecule has 284 valence electrons. The maximum Gasteiger partial charge on any atom is 0.164 e. The van der Waals surface area contributed by atoms with Crippen LogP contribution in [0.5, 0.6) is 0 Å². The fourth-order valence-corrected chi connectivity index (χ4v) is 10.4. The lowest BCUT2D eigenvalue weighted by Gasteiger charge is -2.45. The van der Waals surface area contributed by atoms with Crippen LogP contribution in [-0.4, -0.2) is 15.0 Å². The van der Waals surface area contributed by atoms with Gasteiger partial charge in [0.2, 0.25) is 0 Å². The van der Waals surface area contributed by atoms with Gasteiger partial charge >= 0.3 is 0 Å². The lowest BCUT2D eigenvalue weighted by Crippen LogP contribution is -2.36. The topological polar surface area (TPSA) is 38.7 Å². The molecule has 3 aliphatic rings. The highest BCUT2D eigenvalue weighted by Gasteiger charge is 2.49. The molecule has 0 amide bonds. The van der Waals surface area contributed by atoms with Crippen LogP contribution in [0, 0.1) is 18.8 Å². The van der Waals surface area contributed by atoms with Crippen molar-refractivity contribution in [1.82, 2.24) is 15.0 Å². The second kappa shape index (κ2) is 14.3. The van der Waals surface area contributed by atoms with Gasteiger partial charge in [-0.3, -0.25) is 0 Å². The third-order valence-corrected chi connectivity index (χ3v) is 13.1. The van der Waals surface area contributed by atoms with Gasteiger partial charge < -0.3 is 0 Å². The van der Waals surface area contributed by atoms with Gasteiger partial charge in [-0.25, -0.2) is 15.0 Å². The number of rotatable bonds is 6. The maximum atomic E-state index is 5.18. The fourth-order valence-electron chi connectivity index (χ4n) is 10.4. The molecule has 11 rings (SSSR count). The van der Waals surface area contributed by atoms with E-state index in [0.717, 1.165) is 40.2 Å². The summed E-state index contributed by atoms with van der Waals surface area (Å²) in [5, 5.41) is 0. The molecule has 0 aliphatic heterocycles. The van der Waals surface area contributed by atoms with Crippen LogP contribution >= 0.6 is 0 Å². The molecule has 3 heteroatoms. The number of allylic oxidation sites excluding steroid dienone is 2. The molecule has 3 aliphatic carbocycles. The van der Waals surface area contributed by atoms with Crippen LogP contribution < -0.4 is 0 Å². The molecule has 0 radical (unpaired) electrons. The molecule has 1 aromatic heterocycles. The van der Waals surface area contributed by atoms with Crippen LogP contribution in [0.2, 0.25) is 0 Å². The number of aromatic nitrogens is 3. The van der Waals surface area contributed by atoms with Gasteiger partial charge in [0.25, 0.3) is 0 Å². The molecule has 2 bridgehead atoms. The van der Waals surface area contributed by atoms with E-state index in [9.17, 15) is 0 Å². The van der Waals surface area contributed by atoms with Crippen molar-refractivity contribution in [3.8, 4) is 78.7 Å². The Bertz CT molecular complexity index is 2860. The highest BCUT2D eigenvalue weighted by atomic mass is 15.0. The van der Waals surface area contributed by atoms with E-state index in [1.807, 2.05) is 36.4 Å². The quantitative estimate of drug-likeness (QED) is 0.159. The van der Waals surface area contributed by atoms with Crippen molar-refractivity contribution < 1.29 is 0 Å². The Morgan fingerprint density at radius 3 is 1.68 bits per heavy atom. The number of benzene rings is 7. The van der Waals surface area contributed by atoms with E-state index >= 15 is 0 Å². The number of aryl methyl sites for hydroxylation is 1. The third-order valence-electron chi connectivity index (χ3n) is 13.1. The van der Waals surface area contributed by atoms with Crippen molar-refractivity contribution in [2.45, 2.75) is 44.9 Å². The molecule has 1 fully saturated rings. The minimum atomic E-state index is -0.124. The lowest BCUT2D eigenvalue weighted by atomic mass is 9.58. The predicted molar refractivity (Wildman–Crippen MR) is 243 cm³/mol. The van der Waals surface area contributed by atoms with Gasteiger partial charge in [-0.2, -0.15) is 0 Å². The van der Waals surface area contributed by atoms with Gasteiger partial charge in [0, 0.05) is 22.1 Å². The molecular weight excluding hydrogens is 715 g/mol. The molecule has 0 N–H and O–H groups in total. The van der Waals surface area contributed by atoms with Gasteiger partial charge in [0.1, 0.15) is 0 Å². The molecule has 3 unspecified atom stereocenters. The maximum absolute atomic E-state index is 5.18. The van der Waals surface area contributed by atoms with Crippen LogP contribution in [0.1, 0.15) is 49.3 Å². The second-order valence-corrected chi connectivity index (χ2v) is 17.0. The Labute approximate surface area is 347 Å². The lowest BCUT2D eigenvalue weighted by molar-refractivity contribution is 0.284. The Balaban J connectivity index is 1.12. The van der Waals surface area contributed by atoms with Crippen molar-refractivity contribution >= 4 is 0 Å². The summed E-state index contributed by atoms with van der Waals surface area (Å²) in [5.74, 6) is 3.34. The molecule has 3 atom stereocenters. The second-order valence-electron chi connectivity index (χ2n) is 17.0. The minimum absolute atomic E-state index is 0.124. The molecular formula is C56H45N3. The first kappa shape index (κ1) is 35.5. The highest BCUT2D eigenvalue weighted by molar-refractivity contribution is 5.90. The molecule has 0 saturated heterocycles. The summed E-state index contributed by atoms with van der Waals surface area (Å²) in [6, 6.07) is 61.6. The molecule has 1 heterocycles. The van der Waals surface area contributed by atoms with E-state index < -0.39 is 0 Å². The molecule has 3 nitrogen and oxygen atoms in total. The number of fused-ring (bicyclic) bond motifs is 8. The first-order chi connectivity index (χ1) is 29.0. The van der Waals surface area contributed by atoms with Crippen LogP contribution in [0.3, 0.4) is 0 Å². The van der Waals surface area contributed by atoms with Gasteiger partial charge in [-0.15, -0.1) is 0 Å². The smallest absolute Gasteiger partial charge is 0.164 e. The van der Waals surface area contributed by atoms with Gasteiger partial charge in [-0.1, -0.05) is 164 Å². The van der Waals surface area contributed by atoms with E-state index in [1.165, 1.54) is 69.3 Å².